The second kappa shape index (κ2) is 12.5. The van der Waals surface area contributed by atoms with E-state index in [1.165, 1.54) is 0 Å². The molecule has 0 spiro atoms. The minimum absolute atomic E-state index is 0.619. The summed E-state index contributed by atoms with van der Waals surface area (Å²) in [4.78, 5) is 0. The monoisotopic (exact) mass is 760 g/mol. The van der Waals surface area contributed by atoms with Gasteiger partial charge < -0.3 is 13.6 Å². The number of furan rings is 1. The molecule has 3 heteroatoms. The molecule has 3 nitrogen and oxygen atoms in total. The number of aromatic nitrogens is 2. The van der Waals surface area contributed by atoms with Crippen LogP contribution in [0.5, 0.6) is 0 Å². The van der Waals surface area contributed by atoms with Crippen molar-refractivity contribution in [3.05, 3.63) is 205 Å². The van der Waals surface area contributed by atoms with Gasteiger partial charge in [0.1, 0.15) is 11.2 Å². The first kappa shape index (κ1) is 13.0. The van der Waals surface area contributed by atoms with Crippen molar-refractivity contribution < 1.29 is 51.0 Å². The van der Waals surface area contributed by atoms with Gasteiger partial charge in [-0.15, -0.1) is 0 Å². The molecule has 0 fully saturated rings. The molecule has 0 bridgehead atoms. The third-order valence-corrected chi connectivity index (χ3v) is 9.28. The first-order chi connectivity index (χ1) is 42.4. The molecule has 266 valence electrons. The second-order valence-electron chi connectivity index (χ2n) is 12.3. The topological polar surface area (TPSA) is 23.0 Å². The third kappa shape index (κ3) is 4.79. The van der Waals surface area contributed by atoms with Gasteiger partial charge in [0.15, 0.2) is 0 Å². The van der Waals surface area contributed by atoms with E-state index in [0.717, 1.165) is 4.57 Å². The maximum absolute atomic E-state index is 10.1. The van der Waals surface area contributed by atoms with Crippen molar-refractivity contribution in [1.82, 2.24) is 9.13 Å². The van der Waals surface area contributed by atoms with Crippen molar-refractivity contribution in [2.75, 3.05) is 0 Å². The molecule has 0 aliphatic rings. The van der Waals surface area contributed by atoms with Crippen molar-refractivity contribution in [1.29, 1.82) is 0 Å². The van der Waals surface area contributed by atoms with E-state index in [4.69, 9.17) is 33.2 Å². The fourth-order valence-electron chi connectivity index (χ4n) is 6.94. The summed E-state index contributed by atoms with van der Waals surface area (Å²) in [6, 6.07) is -33.8. The molecule has 12 aromatic rings. The van der Waals surface area contributed by atoms with Crippen LogP contribution in [-0.2, 0) is 0 Å². The molecule has 0 aliphatic heterocycles. The Balaban J connectivity index is 1.28. The smallest absolute Gasteiger partial charge is 0.143 e. The summed E-state index contributed by atoms with van der Waals surface area (Å²) in [5, 5.41) is -4.08. The van der Waals surface area contributed by atoms with Gasteiger partial charge in [-0.05, 0) is 76.6 Å². The van der Waals surface area contributed by atoms with Crippen LogP contribution in [0.25, 0.3) is 110 Å². The van der Waals surface area contributed by atoms with Gasteiger partial charge >= 0.3 is 0 Å². The molecular formula is C54H34N2O. The van der Waals surface area contributed by atoms with Gasteiger partial charge in [-0.3, -0.25) is 0 Å². The Morgan fingerprint density at radius 3 is 1.47 bits per heavy atom. The summed E-state index contributed by atoms with van der Waals surface area (Å²) in [5.41, 5.74) is -11.1. The molecule has 12 rings (SSSR count). The van der Waals surface area contributed by atoms with Crippen molar-refractivity contribution in [3.8, 4) is 44.8 Å². The summed E-state index contributed by atoms with van der Waals surface area (Å²) >= 11 is 0. The highest BCUT2D eigenvalue weighted by Gasteiger charge is 2.21. The van der Waals surface area contributed by atoms with Crippen LogP contribution >= 0.6 is 0 Å². The quantitative estimate of drug-likeness (QED) is 0.171. The molecule has 0 N–H and O–H groups in total. The van der Waals surface area contributed by atoms with Crippen LogP contribution in [0.2, 0.25) is 0 Å². The number of nitrogens with zero attached hydrogens (tertiary/aromatic N) is 2. The summed E-state index contributed by atoms with van der Waals surface area (Å²) in [5.74, 6) is 0. The van der Waals surface area contributed by atoms with Crippen LogP contribution in [0.15, 0.2) is 210 Å². The third-order valence-electron chi connectivity index (χ3n) is 9.28. The van der Waals surface area contributed by atoms with Crippen LogP contribution in [0, 0.1) is 0 Å². The van der Waals surface area contributed by atoms with Crippen LogP contribution in [0.1, 0.15) is 46.6 Å². The Labute approximate surface area is 376 Å². The van der Waals surface area contributed by atoms with Crippen molar-refractivity contribution in [2.24, 2.45) is 0 Å². The lowest BCUT2D eigenvalue weighted by molar-refractivity contribution is 0.670. The fraction of sp³-hybridized carbons (Fsp3) is 0. The molecule has 0 amide bonds. The highest BCUT2D eigenvalue weighted by Crippen LogP contribution is 2.43. The Morgan fingerprint density at radius 1 is 0.333 bits per heavy atom. The van der Waals surface area contributed by atoms with Gasteiger partial charge in [0.05, 0.1) is 85.4 Å². The van der Waals surface area contributed by atoms with Gasteiger partial charge in [0, 0.05) is 38.1 Å². The van der Waals surface area contributed by atoms with E-state index in [2.05, 4.69) is 0 Å². The fourth-order valence-corrected chi connectivity index (χ4v) is 6.94. The van der Waals surface area contributed by atoms with Crippen molar-refractivity contribution in [3.63, 3.8) is 0 Å². The normalized spacial score (nSPS) is 20.2. The molecule has 0 radical (unpaired) electrons. The van der Waals surface area contributed by atoms with Crippen molar-refractivity contribution in [2.45, 2.75) is 0 Å². The maximum Gasteiger partial charge on any atom is 0.143 e. The lowest BCUT2D eigenvalue weighted by atomic mass is 10.0. The highest BCUT2D eigenvalue weighted by molar-refractivity contribution is 6.17. The summed E-state index contributed by atoms with van der Waals surface area (Å²) in [7, 11) is 0. The first-order valence-corrected chi connectivity index (χ1v) is 16.7. The van der Waals surface area contributed by atoms with E-state index >= 15 is 0 Å². The van der Waals surface area contributed by atoms with E-state index in [9.17, 15) is 17.8 Å². The van der Waals surface area contributed by atoms with E-state index < -0.39 is 316 Å². The molecule has 57 heavy (non-hydrogen) atoms. The number of fused-ring (bicyclic) bond motifs is 9. The predicted octanol–water partition coefficient (Wildman–Crippen LogP) is 14.8. The Kier molecular flexibility index (Phi) is 2.84. The largest absolute Gasteiger partial charge is 0.455 e. The zero-order chi connectivity index (χ0) is 67.0. The Bertz CT molecular complexity index is 5470. The Morgan fingerprint density at radius 2 is 0.807 bits per heavy atom. The molecule has 3 heterocycles. The molecule has 0 unspecified atom stereocenters. The summed E-state index contributed by atoms with van der Waals surface area (Å²) < 4.78 is 316. The van der Waals surface area contributed by atoms with Gasteiger partial charge in [0.2, 0.25) is 0 Å². The lowest BCUT2D eigenvalue weighted by Crippen LogP contribution is -1.97. The molecule has 0 atom stereocenters. The minimum atomic E-state index is -1.16. The molecule has 3 aromatic heterocycles. The maximum atomic E-state index is 10.1. The number of benzene rings is 9. The standard InChI is InChI=1S/C54H34N2O/c1-3-15-35(16-4-1)39-19-7-10-24-46(39)55-47-25-11-8-20-41(47)44-33-37(29-31-49(44)55)38-30-32-50-45(34-38)42-21-9-12-26-48(42)56(50)51-27-14-28-52-53(51)43-23-13-22-40(54(43)57-52)36-17-5-2-6-18-36/h1-34H/i1D,2D,3D,4D,5D,6D,7D,8D,9D,10D,11D,12D,13D,14D,15D,16D,17D,18D,19D,20D,21D,22D,23D,24D,25D,26D,27D,28D,29D,30D,31D,32D,33D,34D. The number of hydrogen-bond acceptors (Lipinski definition) is 1. The van der Waals surface area contributed by atoms with E-state index in [-0.39, 0.29) is 0 Å². The number of rotatable bonds is 5. The van der Waals surface area contributed by atoms with E-state index in [1.54, 1.807) is 0 Å². The zero-order valence-corrected chi connectivity index (χ0v) is 28.3. The lowest BCUT2D eigenvalue weighted by Gasteiger charge is -2.14. The van der Waals surface area contributed by atoms with E-state index in [1.807, 2.05) is 0 Å². The predicted molar refractivity (Wildman–Crippen MR) is 239 cm³/mol. The van der Waals surface area contributed by atoms with Crippen LogP contribution in [0.3, 0.4) is 0 Å². The van der Waals surface area contributed by atoms with Crippen LogP contribution < -0.4 is 0 Å². The summed E-state index contributed by atoms with van der Waals surface area (Å²) in [6.45, 7) is 0. The first-order valence-electron chi connectivity index (χ1n) is 33.7. The van der Waals surface area contributed by atoms with Gasteiger partial charge in [-0.2, -0.15) is 0 Å². The number of para-hydroxylation sites is 4. The molecule has 9 aromatic carbocycles. The highest BCUT2D eigenvalue weighted by atomic mass is 16.3. The average Bonchev–Trinajstić information content (AvgIpc) is 1.55. The Hall–Kier alpha value is -7.62. The zero-order valence-electron chi connectivity index (χ0n) is 62.3. The summed E-state index contributed by atoms with van der Waals surface area (Å²) in [6.07, 6.45) is 0. The van der Waals surface area contributed by atoms with Gasteiger partial charge in [-0.25, -0.2) is 0 Å². The molecule has 0 aliphatic carbocycles. The van der Waals surface area contributed by atoms with Crippen LogP contribution in [-0.4, -0.2) is 9.13 Å². The molecule has 0 saturated heterocycles. The van der Waals surface area contributed by atoms with Gasteiger partial charge in [-0.1, -0.05) is 151 Å². The second-order valence-corrected chi connectivity index (χ2v) is 12.3. The average molecular weight is 761 g/mol. The molecular weight excluding hydrogens is 693 g/mol. The van der Waals surface area contributed by atoms with Gasteiger partial charge in [0.25, 0.3) is 0 Å². The van der Waals surface area contributed by atoms with Crippen LogP contribution in [0.4, 0.5) is 0 Å². The minimum Gasteiger partial charge on any atom is -0.455 e. The molecule has 0 saturated carbocycles. The SMILES string of the molecule is [2H]c1c([2H])c([2H])c(-c2c([2H])c([2H])c([2H])c([2H])c2-n2c3c([2H])c([2H])c([2H])c([2H])c3c3c([2H])c(-c4c([2H])c([2H])c5c(c4[2H])c4c([2H])c([2H])c([2H])c([2H])c4n5-c4c([2H])c([2H])c([2H])c5oc6c(-c7c([2H])c([2H])c([2H])c([2H])c7[2H])c([2H])c([2H])c([2H])c6c45)c([2H])c([2H])c32)c([2H])c1[2H]. The number of hydrogen-bond donors (Lipinski definition) is 0. The van der Waals surface area contributed by atoms with E-state index in [0.29, 0.717) is 4.57 Å². The van der Waals surface area contributed by atoms with Crippen molar-refractivity contribution >= 4 is 65.6 Å².